The second-order valence-corrected chi connectivity index (χ2v) is 11.6. The first-order valence-electron chi connectivity index (χ1n) is 13.9. The van der Waals surface area contributed by atoms with Crippen LogP contribution in [0.15, 0.2) is 59.2 Å². The summed E-state index contributed by atoms with van der Waals surface area (Å²) in [6.07, 6.45) is 9.43. The van der Waals surface area contributed by atoms with Crippen LogP contribution >= 0.6 is 0 Å². The molecule has 1 fully saturated rings. The number of aliphatic hydroxyl groups is 1. The van der Waals surface area contributed by atoms with Crippen molar-refractivity contribution in [3.8, 4) is 0 Å². The van der Waals surface area contributed by atoms with Crippen LogP contribution in [0.1, 0.15) is 82.9 Å². The maximum atomic E-state index is 14.0. The Kier molecular flexibility index (Phi) is 10.6. The lowest BCUT2D eigenvalue weighted by Gasteiger charge is -2.41. The van der Waals surface area contributed by atoms with Crippen molar-refractivity contribution in [1.29, 1.82) is 0 Å². The fraction of sp³-hybridized carbons (Fsp3) is 0.531. The SMILES string of the molecule is CC/C=C(\C=N/C)NC(Cc1cc(F)cc(F)c1)C(O)CNC1(c2cccc(C(C)(C)C)c2)CCCCC1. The van der Waals surface area contributed by atoms with Gasteiger partial charge in [0.15, 0.2) is 0 Å². The number of aliphatic hydroxyl groups excluding tert-OH is 1. The largest absolute Gasteiger partial charge is 0.390 e. The Morgan fingerprint density at radius 1 is 1.08 bits per heavy atom. The molecule has 0 amide bonds. The Labute approximate surface area is 227 Å². The molecule has 0 aliphatic heterocycles. The number of hydrogen-bond donors (Lipinski definition) is 3. The van der Waals surface area contributed by atoms with E-state index in [0.717, 1.165) is 43.9 Å². The van der Waals surface area contributed by atoms with Gasteiger partial charge in [0.2, 0.25) is 0 Å². The van der Waals surface area contributed by atoms with Crippen LogP contribution in [-0.4, -0.2) is 37.1 Å². The Morgan fingerprint density at radius 2 is 1.76 bits per heavy atom. The summed E-state index contributed by atoms with van der Waals surface area (Å²) in [5.41, 5.74) is 3.66. The highest BCUT2D eigenvalue weighted by Gasteiger charge is 2.35. The maximum absolute atomic E-state index is 14.0. The van der Waals surface area contributed by atoms with Gasteiger partial charge in [0, 0.05) is 37.1 Å². The van der Waals surface area contributed by atoms with Gasteiger partial charge < -0.3 is 15.7 Å². The van der Waals surface area contributed by atoms with E-state index in [4.69, 9.17) is 0 Å². The first kappa shape index (κ1) is 30.0. The normalized spacial score (nSPS) is 17.9. The van der Waals surface area contributed by atoms with Crippen LogP contribution in [0.3, 0.4) is 0 Å². The molecule has 3 rings (SSSR count). The minimum Gasteiger partial charge on any atom is -0.390 e. The van der Waals surface area contributed by atoms with Crippen molar-refractivity contribution in [2.45, 2.75) is 95.7 Å². The van der Waals surface area contributed by atoms with E-state index in [-0.39, 0.29) is 17.4 Å². The highest BCUT2D eigenvalue weighted by molar-refractivity contribution is 5.77. The topological polar surface area (TPSA) is 56.7 Å². The van der Waals surface area contributed by atoms with E-state index in [2.05, 4.69) is 60.7 Å². The second kappa shape index (κ2) is 13.5. The Hall–Kier alpha value is -2.57. The predicted octanol–water partition coefficient (Wildman–Crippen LogP) is 6.57. The quantitative estimate of drug-likeness (QED) is 0.291. The van der Waals surface area contributed by atoms with Gasteiger partial charge >= 0.3 is 0 Å². The van der Waals surface area contributed by atoms with E-state index in [0.29, 0.717) is 12.1 Å². The van der Waals surface area contributed by atoms with Crippen molar-refractivity contribution in [2.75, 3.05) is 13.6 Å². The number of halogens is 2. The molecule has 4 nitrogen and oxygen atoms in total. The molecule has 0 bridgehead atoms. The summed E-state index contributed by atoms with van der Waals surface area (Å²) in [6, 6.07) is 11.9. The number of rotatable bonds is 11. The molecule has 2 atom stereocenters. The lowest BCUT2D eigenvalue weighted by atomic mass is 9.74. The molecule has 0 radical (unpaired) electrons. The summed E-state index contributed by atoms with van der Waals surface area (Å²) in [5.74, 6) is -1.24. The van der Waals surface area contributed by atoms with Gasteiger partial charge in [0.25, 0.3) is 0 Å². The van der Waals surface area contributed by atoms with Gasteiger partial charge in [-0.15, -0.1) is 0 Å². The summed E-state index contributed by atoms with van der Waals surface area (Å²) in [4.78, 5) is 4.13. The molecule has 1 aliphatic carbocycles. The highest BCUT2D eigenvalue weighted by Crippen LogP contribution is 2.38. The molecule has 3 N–H and O–H groups in total. The summed E-state index contributed by atoms with van der Waals surface area (Å²) < 4.78 is 27.9. The van der Waals surface area contributed by atoms with E-state index in [1.807, 2.05) is 13.0 Å². The van der Waals surface area contributed by atoms with Crippen molar-refractivity contribution < 1.29 is 13.9 Å². The predicted molar refractivity (Wildman–Crippen MR) is 154 cm³/mol. The number of benzene rings is 2. The average Bonchev–Trinajstić information content (AvgIpc) is 2.87. The van der Waals surface area contributed by atoms with Gasteiger partial charge in [-0.1, -0.05) is 77.3 Å². The molecule has 208 valence electrons. The second-order valence-electron chi connectivity index (χ2n) is 11.6. The molecule has 2 unspecified atom stereocenters. The fourth-order valence-corrected chi connectivity index (χ4v) is 5.44. The molecule has 6 heteroatoms. The van der Waals surface area contributed by atoms with Crippen molar-refractivity contribution in [2.24, 2.45) is 4.99 Å². The maximum Gasteiger partial charge on any atom is 0.126 e. The molecule has 1 aliphatic rings. The summed E-state index contributed by atoms with van der Waals surface area (Å²) in [6.45, 7) is 9.05. The minimum absolute atomic E-state index is 0.0451. The van der Waals surface area contributed by atoms with E-state index in [9.17, 15) is 13.9 Å². The van der Waals surface area contributed by atoms with Gasteiger partial charge in [-0.05, 0) is 59.9 Å². The molecule has 0 aromatic heterocycles. The molecular formula is C32H45F2N3O. The van der Waals surface area contributed by atoms with Gasteiger partial charge in [0.1, 0.15) is 11.6 Å². The Balaban J connectivity index is 1.87. The highest BCUT2D eigenvalue weighted by atomic mass is 19.1. The van der Waals surface area contributed by atoms with E-state index < -0.39 is 23.8 Å². The van der Waals surface area contributed by atoms with Crippen LogP contribution in [-0.2, 0) is 17.4 Å². The molecule has 0 heterocycles. The first-order valence-corrected chi connectivity index (χ1v) is 13.9. The lowest BCUT2D eigenvalue weighted by molar-refractivity contribution is 0.108. The first-order chi connectivity index (χ1) is 18.1. The van der Waals surface area contributed by atoms with Gasteiger partial charge in [0.05, 0.1) is 12.1 Å². The van der Waals surface area contributed by atoms with Crippen molar-refractivity contribution >= 4 is 6.21 Å². The number of nitrogens with zero attached hydrogens (tertiary/aromatic N) is 1. The molecule has 38 heavy (non-hydrogen) atoms. The molecule has 1 saturated carbocycles. The van der Waals surface area contributed by atoms with Gasteiger partial charge in [-0.25, -0.2) is 8.78 Å². The zero-order chi connectivity index (χ0) is 27.8. The Morgan fingerprint density at radius 3 is 2.37 bits per heavy atom. The molecule has 0 saturated heterocycles. The molecule has 2 aromatic rings. The van der Waals surface area contributed by atoms with Crippen molar-refractivity contribution in [1.82, 2.24) is 10.6 Å². The summed E-state index contributed by atoms with van der Waals surface area (Å²) >= 11 is 0. The van der Waals surface area contributed by atoms with E-state index in [1.165, 1.54) is 29.7 Å². The van der Waals surface area contributed by atoms with Crippen LogP contribution in [0.5, 0.6) is 0 Å². The van der Waals surface area contributed by atoms with Crippen LogP contribution in [0.2, 0.25) is 0 Å². The number of allylic oxidation sites excluding steroid dienone is 2. The molecule has 2 aromatic carbocycles. The molecular weight excluding hydrogens is 480 g/mol. The van der Waals surface area contributed by atoms with Crippen LogP contribution < -0.4 is 10.6 Å². The van der Waals surface area contributed by atoms with Crippen LogP contribution in [0, 0.1) is 11.6 Å². The minimum atomic E-state index is -0.809. The lowest BCUT2D eigenvalue weighted by Crippen LogP contribution is -2.52. The number of aliphatic imine (C=N–C) groups is 1. The Bertz CT molecular complexity index is 1080. The number of hydrogen-bond acceptors (Lipinski definition) is 4. The van der Waals surface area contributed by atoms with E-state index in [1.54, 1.807) is 13.3 Å². The van der Waals surface area contributed by atoms with Crippen molar-refractivity contribution in [3.63, 3.8) is 0 Å². The van der Waals surface area contributed by atoms with Crippen LogP contribution in [0.25, 0.3) is 0 Å². The van der Waals surface area contributed by atoms with Gasteiger partial charge in [-0.3, -0.25) is 4.99 Å². The fourth-order valence-electron chi connectivity index (χ4n) is 5.44. The zero-order valence-corrected chi connectivity index (χ0v) is 23.7. The molecule has 0 spiro atoms. The van der Waals surface area contributed by atoms with E-state index >= 15 is 0 Å². The third-order valence-corrected chi connectivity index (χ3v) is 7.52. The smallest absolute Gasteiger partial charge is 0.126 e. The van der Waals surface area contributed by atoms with Crippen LogP contribution in [0.4, 0.5) is 8.78 Å². The monoisotopic (exact) mass is 525 g/mol. The average molecular weight is 526 g/mol. The summed E-state index contributed by atoms with van der Waals surface area (Å²) in [5, 5.41) is 18.6. The standard InChI is InChI=1S/C32H45F2N3O/c1-6-11-28(21-35-5)37-29(18-23-16-26(33)20-27(34)17-23)30(38)22-36-32(14-8-7-9-15-32)25-13-10-12-24(19-25)31(2,3)4/h10-13,16-17,19-21,29-30,36-38H,6-9,14-15,18,22H2,1-5H3/b28-11+,35-21-. The van der Waals surface area contributed by atoms with Crippen molar-refractivity contribution in [3.05, 3.63) is 82.6 Å². The third-order valence-electron chi connectivity index (χ3n) is 7.52. The van der Waals surface area contributed by atoms with Gasteiger partial charge in [-0.2, -0.15) is 0 Å². The summed E-state index contributed by atoms with van der Waals surface area (Å²) in [7, 11) is 1.69. The number of nitrogens with one attached hydrogen (secondary N) is 2. The zero-order valence-electron chi connectivity index (χ0n) is 23.7. The third kappa shape index (κ3) is 8.21.